The fourth-order valence-electron chi connectivity index (χ4n) is 3.83. The van der Waals surface area contributed by atoms with Gasteiger partial charge in [-0.15, -0.1) is 0 Å². The van der Waals surface area contributed by atoms with Gasteiger partial charge in [-0.3, -0.25) is 0 Å². The highest BCUT2D eigenvalue weighted by molar-refractivity contribution is 6.08. The summed E-state index contributed by atoms with van der Waals surface area (Å²) in [6.07, 6.45) is 4.11. The highest BCUT2D eigenvalue weighted by Crippen LogP contribution is 2.37. The average molecular weight is 300 g/mol. The summed E-state index contributed by atoms with van der Waals surface area (Å²) in [6, 6.07) is 10.0. The van der Waals surface area contributed by atoms with E-state index in [2.05, 4.69) is 4.57 Å². The predicted octanol–water partition coefficient (Wildman–Crippen LogP) is 4.52. The molecule has 2 atom stereocenters. The maximum atomic E-state index is 13.7. The van der Waals surface area contributed by atoms with Gasteiger partial charge in [0.2, 0.25) is 0 Å². The van der Waals surface area contributed by atoms with Crippen LogP contribution in [0.4, 0.5) is 8.78 Å². The molecule has 2 N–H and O–H groups in total. The first kappa shape index (κ1) is 13.7. The number of benzene rings is 2. The van der Waals surface area contributed by atoms with E-state index < -0.39 is 0 Å². The average Bonchev–Trinajstić information content (AvgIpc) is 2.80. The number of nitrogens with two attached hydrogens (primary N) is 1. The number of aromatic nitrogens is 1. The molecule has 0 radical (unpaired) electrons. The molecule has 1 fully saturated rings. The standard InChI is InChI=1S/C18H18F2N2/c19-11-4-6-17-15(8-11)16-9-12(20)5-7-18(16)22(17)14-3-1-2-13(21)10-14/h4-9,13-14H,1-3,10,21H2. The summed E-state index contributed by atoms with van der Waals surface area (Å²) in [5.41, 5.74) is 8.05. The Morgan fingerprint density at radius 2 is 1.50 bits per heavy atom. The van der Waals surface area contributed by atoms with E-state index in [1.165, 1.54) is 24.3 Å². The van der Waals surface area contributed by atoms with Gasteiger partial charge < -0.3 is 10.3 Å². The Morgan fingerprint density at radius 1 is 0.909 bits per heavy atom. The molecule has 1 aromatic heterocycles. The van der Waals surface area contributed by atoms with E-state index in [1.807, 2.05) is 0 Å². The van der Waals surface area contributed by atoms with Gasteiger partial charge >= 0.3 is 0 Å². The first-order valence-electron chi connectivity index (χ1n) is 7.78. The van der Waals surface area contributed by atoms with Gasteiger partial charge in [0.25, 0.3) is 0 Å². The number of halogens is 2. The van der Waals surface area contributed by atoms with E-state index in [0.29, 0.717) is 6.04 Å². The summed E-state index contributed by atoms with van der Waals surface area (Å²) >= 11 is 0. The van der Waals surface area contributed by atoms with Gasteiger partial charge in [-0.25, -0.2) is 8.78 Å². The molecule has 1 heterocycles. The van der Waals surface area contributed by atoms with Gasteiger partial charge in [0.1, 0.15) is 11.6 Å². The molecule has 1 aliphatic carbocycles. The summed E-state index contributed by atoms with van der Waals surface area (Å²) < 4.78 is 29.5. The zero-order valence-electron chi connectivity index (χ0n) is 12.2. The summed E-state index contributed by atoms with van der Waals surface area (Å²) in [4.78, 5) is 0. The smallest absolute Gasteiger partial charge is 0.123 e. The molecular formula is C18H18F2N2. The Morgan fingerprint density at radius 3 is 2.05 bits per heavy atom. The van der Waals surface area contributed by atoms with E-state index in [-0.39, 0.29) is 17.7 Å². The van der Waals surface area contributed by atoms with Gasteiger partial charge in [0, 0.05) is 33.9 Å². The van der Waals surface area contributed by atoms with Gasteiger partial charge in [-0.2, -0.15) is 0 Å². The maximum Gasteiger partial charge on any atom is 0.123 e. The molecule has 0 spiro atoms. The van der Waals surface area contributed by atoms with Crippen LogP contribution in [0.3, 0.4) is 0 Å². The monoisotopic (exact) mass is 300 g/mol. The molecule has 0 bridgehead atoms. The van der Waals surface area contributed by atoms with Gasteiger partial charge in [-0.05, 0) is 62.1 Å². The van der Waals surface area contributed by atoms with Crippen molar-refractivity contribution in [1.82, 2.24) is 4.57 Å². The second-order valence-electron chi connectivity index (χ2n) is 6.27. The van der Waals surface area contributed by atoms with Crippen molar-refractivity contribution < 1.29 is 8.78 Å². The topological polar surface area (TPSA) is 30.9 Å². The van der Waals surface area contributed by atoms with Crippen LogP contribution in [-0.2, 0) is 0 Å². The van der Waals surface area contributed by atoms with Crippen LogP contribution in [0.1, 0.15) is 31.7 Å². The van der Waals surface area contributed by atoms with Crippen molar-refractivity contribution >= 4 is 21.8 Å². The minimum Gasteiger partial charge on any atom is -0.337 e. The Hall–Kier alpha value is -1.94. The zero-order chi connectivity index (χ0) is 15.3. The third-order valence-electron chi connectivity index (χ3n) is 4.78. The fraction of sp³-hybridized carbons (Fsp3) is 0.333. The third kappa shape index (κ3) is 2.10. The summed E-state index contributed by atoms with van der Waals surface area (Å²) in [5.74, 6) is -0.590. The SMILES string of the molecule is NC1CCCC(n2c3ccc(F)cc3c3cc(F)ccc32)C1. The lowest BCUT2D eigenvalue weighted by Crippen LogP contribution is -2.29. The molecule has 2 unspecified atom stereocenters. The molecule has 22 heavy (non-hydrogen) atoms. The minimum atomic E-state index is -0.295. The lowest BCUT2D eigenvalue weighted by Gasteiger charge is -2.29. The van der Waals surface area contributed by atoms with Crippen molar-refractivity contribution in [3.05, 3.63) is 48.0 Å². The Kier molecular flexibility index (Phi) is 3.15. The van der Waals surface area contributed by atoms with E-state index in [1.54, 1.807) is 12.1 Å². The van der Waals surface area contributed by atoms with E-state index in [4.69, 9.17) is 5.73 Å². The van der Waals surface area contributed by atoms with Crippen molar-refractivity contribution in [3.8, 4) is 0 Å². The predicted molar refractivity (Wildman–Crippen MR) is 84.8 cm³/mol. The number of hydrogen-bond donors (Lipinski definition) is 1. The van der Waals surface area contributed by atoms with Crippen molar-refractivity contribution in [2.45, 2.75) is 37.8 Å². The lowest BCUT2D eigenvalue weighted by molar-refractivity contribution is 0.331. The molecule has 4 rings (SSSR count). The van der Waals surface area contributed by atoms with Crippen molar-refractivity contribution in [2.24, 2.45) is 5.73 Å². The highest BCUT2D eigenvalue weighted by Gasteiger charge is 2.24. The van der Waals surface area contributed by atoms with E-state index in [0.717, 1.165) is 47.5 Å². The van der Waals surface area contributed by atoms with Crippen LogP contribution in [0.5, 0.6) is 0 Å². The third-order valence-corrected chi connectivity index (χ3v) is 4.78. The molecule has 4 heteroatoms. The van der Waals surface area contributed by atoms with Crippen LogP contribution in [0, 0.1) is 11.6 Å². The molecule has 3 aromatic rings. The van der Waals surface area contributed by atoms with Crippen LogP contribution in [0.25, 0.3) is 21.8 Å². The zero-order valence-corrected chi connectivity index (χ0v) is 12.2. The molecular weight excluding hydrogens is 282 g/mol. The molecule has 2 aromatic carbocycles. The van der Waals surface area contributed by atoms with Crippen LogP contribution < -0.4 is 5.73 Å². The molecule has 0 saturated heterocycles. The second-order valence-corrected chi connectivity index (χ2v) is 6.27. The Balaban J connectivity index is 2.02. The molecule has 0 aliphatic heterocycles. The van der Waals surface area contributed by atoms with Crippen LogP contribution >= 0.6 is 0 Å². The van der Waals surface area contributed by atoms with E-state index in [9.17, 15) is 8.78 Å². The Labute approximate surface area is 127 Å². The largest absolute Gasteiger partial charge is 0.337 e. The van der Waals surface area contributed by atoms with Gasteiger partial charge in [0.05, 0.1) is 0 Å². The molecule has 1 saturated carbocycles. The highest BCUT2D eigenvalue weighted by atomic mass is 19.1. The van der Waals surface area contributed by atoms with Crippen molar-refractivity contribution in [2.75, 3.05) is 0 Å². The molecule has 2 nitrogen and oxygen atoms in total. The van der Waals surface area contributed by atoms with Gasteiger partial charge in [-0.1, -0.05) is 0 Å². The quantitative estimate of drug-likeness (QED) is 0.704. The number of nitrogens with zero attached hydrogens (tertiary/aromatic N) is 1. The molecule has 114 valence electrons. The summed E-state index contributed by atoms with van der Waals surface area (Å²) in [6.45, 7) is 0. The molecule has 0 amide bonds. The lowest BCUT2D eigenvalue weighted by atomic mass is 9.91. The second kappa shape index (κ2) is 5.06. The fourth-order valence-corrected chi connectivity index (χ4v) is 3.83. The maximum absolute atomic E-state index is 13.7. The van der Waals surface area contributed by atoms with Crippen molar-refractivity contribution in [1.29, 1.82) is 0 Å². The Bertz CT molecular complexity index is 794. The normalized spacial score (nSPS) is 22.5. The summed E-state index contributed by atoms with van der Waals surface area (Å²) in [5, 5.41) is 1.54. The van der Waals surface area contributed by atoms with E-state index >= 15 is 0 Å². The first-order chi connectivity index (χ1) is 10.6. The van der Waals surface area contributed by atoms with Crippen LogP contribution in [0.2, 0.25) is 0 Å². The van der Waals surface area contributed by atoms with Gasteiger partial charge in [0.15, 0.2) is 0 Å². The minimum absolute atomic E-state index is 0.201. The number of rotatable bonds is 1. The molecule has 1 aliphatic rings. The van der Waals surface area contributed by atoms with Crippen LogP contribution in [0.15, 0.2) is 36.4 Å². The number of fused-ring (bicyclic) bond motifs is 3. The van der Waals surface area contributed by atoms with Crippen molar-refractivity contribution in [3.63, 3.8) is 0 Å². The number of hydrogen-bond acceptors (Lipinski definition) is 1. The van der Waals surface area contributed by atoms with Crippen LogP contribution in [-0.4, -0.2) is 10.6 Å². The summed E-state index contributed by atoms with van der Waals surface area (Å²) in [7, 11) is 0. The first-order valence-corrected chi connectivity index (χ1v) is 7.78.